The molecule has 1 amide bonds. The molecule has 2 aromatic heterocycles. The average molecular weight is 332 g/mol. The van der Waals surface area contributed by atoms with Gasteiger partial charge in [-0.05, 0) is 42.1 Å². The molecule has 0 bridgehead atoms. The van der Waals surface area contributed by atoms with Gasteiger partial charge in [-0.15, -0.1) is 0 Å². The summed E-state index contributed by atoms with van der Waals surface area (Å²) in [4.78, 5) is 25.6. The Kier molecular flexibility index (Phi) is 3.80. The molecule has 0 radical (unpaired) electrons. The first kappa shape index (κ1) is 14.6. The Hall–Kier alpha value is -2.99. The first-order chi connectivity index (χ1) is 11.8. The molecule has 1 N–H and O–H groups in total. The maximum atomic E-state index is 12.1. The van der Waals surface area contributed by atoms with Crippen molar-refractivity contribution in [3.8, 4) is 0 Å². The van der Waals surface area contributed by atoms with E-state index >= 15 is 0 Å². The van der Waals surface area contributed by atoms with E-state index in [1.807, 2.05) is 42.5 Å². The predicted octanol–water partition coefficient (Wildman–Crippen LogP) is 3.52. The number of para-hydroxylation sites is 1. The van der Waals surface area contributed by atoms with Crippen molar-refractivity contribution in [1.82, 2.24) is 15.3 Å². The summed E-state index contributed by atoms with van der Waals surface area (Å²) in [5.41, 5.74) is 2.35. The van der Waals surface area contributed by atoms with Crippen molar-refractivity contribution in [1.29, 1.82) is 0 Å². The van der Waals surface area contributed by atoms with Gasteiger partial charge >= 0.3 is 0 Å². The summed E-state index contributed by atoms with van der Waals surface area (Å²) in [6.07, 6.45) is 5.10. The Morgan fingerprint density at radius 2 is 2.00 bits per heavy atom. The molecule has 1 fully saturated rings. The van der Waals surface area contributed by atoms with Gasteiger partial charge in [-0.25, -0.2) is 9.98 Å². The third kappa shape index (κ3) is 3.04. The van der Waals surface area contributed by atoms with Crippen LogP contribution in [0.2, 0.25) is 0 Å². The topological polar surface area (TPSA) is 67.2 Å². The quantitative estimate of drug-likeness (QED) is 0.729. The van der Waals surface area contributed by atoms with Gasteiger partial charge in [0.25, 0.3) is 5.91 Å². The molecule has 24 heavy (non-hydrogen) atoms. The van der Waals surface area contributed by atoms with Crippen molar-refractivity contribution in [2.45, 2.75) is 0 Å². The second-order valence-electron chi connectivity index (χ2n) is 5.12. The van der Waals surface area contributed by atoms with E-state index in [-0.39, 0.29) is 5.91 Å². The van der Waals surface area contributed by atoms with E-state index in [4.69, 9.17) is 0 Å². The molecule has 4 rings (SSSR count). The number of hydrogen-bond acceptors (Lipinski definition) is 5. The Morgan fingerprint density at radius 1 is 1.08 bits per heavy atom. The molecular formula is C18H12N4OS. The van der Waals surface area contributed by atoms with Gasteiger partial charge in [0.15, 0.2) is 5.17 Å². The maximum absolute atomic E-state index is 12.1. The molecule has 1 saturated heterocycles. The molecular weight excluding hydrogens is 320 g/mol. The molecule has 0 aliphatic carbocycles. The average Bonchev–Trinajstić information content (AvgIpc) is 2.95. The van der Waals surface area contributed by atoms with Crippen molar-refractivity contribution in [3.63, 3.8) is 0 Å². The number of aliphatic imine (C=N–C) groups is 1. The summed E-state index contributed by atoms with van der Waals surface area (Å²) in [6, 6.07) is 15.4. The Labute approximate surface area is 142 Å². The maximum Gasteiger partial charge on any atom is 0.264 e. The number of amides is 1. The summed E-state index contributed by atoms with van der Waals surface area (Å²) >= 11 is 1.30. The zero-order valence-electron chi connectivity index (χ0n) is 12.5. The summed E-state index contributed by atoms with van der Waals surface area (Å²) in [6.45, 7) is 0. The first-order valence-electron chi connectivity index (χ1n) is 7.33. The van der Waals surface area contributed by atoms with Crippen LogP contribution in [0.15, 0.2) is 70.8 Å². The van der Waals surface area contributed by atoms with Crippen LogP contribution < -0.4 is 5.32 Å². The van der Waals surface area contributed by atoms with Gasteiger partial charge in [-0.1, -0.05) is 24.3 Å². The molecule has 1 aliphatic heterocycles. The third-order valence-electron chi connectivity index (χ3n) is 3.43. The van der Waals surface area contributed by atoms with Crippen LogP contribution >= 0.6 is 11.8 Å². The van der Waals surface area contributed by atoms with Gasteiger partial charge in [0, 0.05) is 11.6 Å². The fraction of sp³-hybridized carbons (Fsp3) is 0. The lowest BCUT2D eigenvalue weighted by atomic mass is 10.2. The highest BCUT2D eigenvalue weighted by molar-refractivity contribution is 8.18. The minimum atomic E-state index is -0.169. The lowest BCUT2D eigenvalue weighted by Crippen LogP contribution is -2.19. The summed E-state index contributed by atoms with van der Waals surface area (Å²) in [5, 5.41) is 4.37. The van der Waals surface area contributed by atoms with Gasteiger partial charge in [0.05, 0.1) is 28.0 Å². The standard InChI is InChI=1S/C18H12N4OS/c23-17-16(24-18(22-17)21-14-5-3-9-19-11-14)10-13-8-7-12-4-1-2-6-15(12)20-13/h1-11H,(H,21,22,23)/b16-10-. The molecule has 5 nitrogen and oxygen atoms in total. The second-order valence-corrected chi connectivity index (χ2v) is 6.15. The zero-order chi connectivity index (χ0) is 16.4. The van der Waals surface area contributed by atoms with Crippen LogP contribution in [-0.4, -0.2) is 21.0 Å². The number of amidine groups is 1. The predicted molar refractivity (Wildman–Crippen MR) is 96.8 cm³/mol. The fourth-order valence-electron chi connectivity index (χ4n) is 2.31. The highest BCUT2D eigenvalue weighted by Crippen LogP contribution is 2.27. The minimum absolute atomic E-state index is 0.169. The van der Waals surface area contributed by atoms with Gasteiger partial charge in [-0.2, -0.15) is 0 Å². The Morgan fingerprint density at radius 3 is 2.88 bits per heavy atom. The summed E-state index contributed by atoms with van der Waals surface area (Å²) in [5.74, 6) is -0.169. The van der Waals surface area contributed by atoms with Crippen molar-refractivity contribution >= 4 is 45.5 Å². The second kappa shape index (κ2) is 6.25. The number of benzene rings is 1. The van der Waals surface area contributed by atoms with E-state index in [0.717, 1.165) is 16.6 Å². The molecule has 3 aromatic rings. The summed E-state index contributed by atoms with van der Waals surface area (Å²) in [7, 11) is 0. The molecule has 0 spiro atoms. The van der Waals surface area contributed by atoms with Gasteiger partial charge in [-0.3, -0.25) is 9.78 Å². The van der Waals surface area contributed by atoms with Gasteiger partial charge in [0.1, 0.15) is 0 Å². The number of carbonyl (C=O) groups excluding carboxylic acids is 1. The fourth-order valence-corrected chi connectivity index (χ4v) is 3.14. The number of fused-ring (bicyclic) bond motifs is 1. The minimum Gasteiger partial charge on any atom is -0.300 e. The van der Waals surface area contributed by atoms with E-state index < -0.39 is 0 Å². The Bertz CT molecular complexity index is 982. The molecule has 3 heterocycles. The van der Waals surface area contributed by atoms with E-state index in [9.17, 15) is 4.79 Å². The molecule has 1 aliphatic rings. The van der Waals surface area contributed by atoms with Crippen molar-refractivity contribution in [2.75, 3.05) is 0 Å². The highest BCUT2D eigenvalue weighted by atomic mass is 32.2. The van der Waals surface area contributed by atoms with Crippen LogP contribution in [0.5, 0.6) is 0 Å². The Balaban J connectivity index is 1.62. The lowest BCUT2D eigenvalue weighted by Gasteiger charge is -1.99. The molecule has 116 valence electrons. The van der Waals surface area contributed by atoms with E-state index in [1.165, 1.54) is 11.8 Å². The zero-order valence-corrected chi connectivity index (χ0v) is 13.3. The van der Waals surface area contributed by atoms with Crippen LogP contribution in [0.3, 0.4) is 0 Å². The van der Waals surface area contributed by atoms with E-state index in [2.05, 4.69) is 20.3 Å². The van der Waals surface area contributed by atoms with Gasteiger partial charge < -0.3 is 5.32 Å². The van der Waals surface area contributed by atoms with Crippen LogP contribution in [0.1, 0.15) is 5.69 Å². The number of nitrogens with one attached hydrogen (secondary N) is 1. The number of rotatable bonds is 2. The monoisotopic (exact) mass is 332 g/mol. The lowest BCUT2D eigenvalue weighted by molar-refractivity contribution is -0.115. The molecule has 0 unspecified atom stereocenters. The van der Waals surface area contributed by atoms with E-state index in [1.54, 1.807) is 24.5 Å². The first-order valence-corrected chi connectivity index (χ1v) is 8.15. The van der Waals surface area contributed by atoms with Crippen LogP contribution in [-0.2, 0) is 4.79 Å². The van der Waals surface area contributed by atoms with E-state index in [0.29, 0.717) is 15.8 Å². The van der Waals surface area contributed by atoms with Gasteiger partial charge in [0.2, 0.25) is 0 Å². The molecule has 0 saturated carbocycles. The van der Waals surface area contributed by atoms with Crippen molar-refractivity contribution < 1.29 is 4.79 Å². The smallest absolute Gasteiger partial charge is 0.264 e. The number of hydrogen-bond donors (Lipinski definition) is 1. The summed E-state index contributed by atoms with van der Waals surface area (Å²) < 4.78 is 0. The molecule has 0 atom stereocenters. The normalized spacial score (nSPS) is 17.6. The molecule has 1 aromatic carbocycles. The molecule has 6 heteroatoms. The number of thioether (sulfide) groups is 1. The SMILES string of the molecule is O=C1NC(=Nc2cccnc2)S/C1=C\c1ccc2ccccc2n1. The number of nitrogens with zero attached hydrogens (tertiary/aromatic N) is 3. The highest BCUT2D eigenvalue weighted by Gasteiger charge is 2.24. The van der Waals surface area contributed by atoms with Crippen LogP contribution in [0, 0.1) is 0 Å². The van der Waals surface area contributed by atoms with Crippen molar-refractivity contribution in [3.05, 3.63) is 71.5 Å². The number of pyridine rings is 2. The third-order valence-corrected chi connectivity index (χ3v) is 4.34. The van der Waals surface area contributed by atoms with Crippen LogP contribution in [0.25, 0.3) is 17.0 Å². The van der Waals surface area contributed by atoms with Crippen molar-refractivity contribution in [2.24, 2.45) is 4.99 Å². The van der Waals surface area contributed by atoms with Crippen LogP contribution in [0.4, 0.5) is 5.69 Å². The number of carbonyl (C=O) groups is 1. The number of aromatic nitrogens is 2. The largest absolute Gasteiger partial charge is 0.300 e.